The van der Waals surface area contributed by atoms with Crippen molar-refractivity contribution in [3.8, 4) is 0 Å². The zero-order valence-corrected chi connectivity index (χ0v) is 16.9. The van der Waals surface area contributed by atoms with Crippen LogP contribution in [0, 0.1) is 0 Å². The van der Waals surface area contributed by atoms with Crippen molar-refractivity contribution in [2.24, 2.45) is 5.73 Å². The number of rotatable bonds is 5. The lowest BCUT2D eigenvalue weighted by molar-refractivity contribution is -0.136. The van der Waals surface area contributed by atoms with Crippen LogP contribution in [0.25, 0.3) is 0 Å². The van der Waals surface area contributed by atoms with Crippen LogP contribution in [0.3, 0.4) is 0 Å². The van der Waals surface area contributed by atoms with Crippen LogP contribution < -0.4 is 16.4 Å². The summed E-state index contributed by atoms with van der Waals surface area (Å²) < 4.78 is 11.0. The summed E-state index contributed by atoms with van der Waals surface area (Å²) in [4.78, 5) is 39.4. The first-order chi connectivity index (χ1) is 13.3. The molecule has 3 heterocycles. The second-order valence-electron chi connectivity index (χ2n) is 7.46. The molecule has 2 aliphatic rings. The Bertz CT molecular complexity index is 770. The molecule has 4 N–H and O–H groups in total. The third kappa shape index (κ3) is 4.88. The molecule has 0 atom stereocenters. The molecule has 0 aliphatic carbocycles. The van der Waals surface area contributed by atoms with Gasteiger partial charge >= 0.3 is 11.8 Å². The number of amides is 3. The Labute approximate surface area is 167 Å². The van der Waals surface area contributed by atoms with Crippen molar-refractivity contribution in [1.29, 1.82) is 0 Å². The van der Waals surface area contributed by atoms with Crippen LogP contribution in [0.2, 0.25) is 0 Å². The van der Waals surface area contributed by atoms with E-state index in [1.54, 1.807) is 0 Å². The summed E-state index contributed by atoms with van der Waals surface area (Å²) in [6, 6.07) is 0. The lowest BCUT2D eigenvalue weighted by atomic mass is 9.93. The number of fused-ring (bicyclic) bond motifs is 1. The van der Waals surface area contributed by atoms with E-state index >= 15 is 0 Å². The molecule has 0 radical (unpaired) electrons. The highest BCUT2D eigenvalue weighted by molar-refractivity contribution is 7.17. The van der Waals surface area contributed by atoms with Crippen LogP contribution in [-0.4, -0.2) is 67.6 Å². The maximum Gasteiger partial charge on any atom is 0.314 e. The number of hydrogen-bond acceptors (Lipinski definition) is 7. The van der Waals surface area contributed by atoms with Crippen LogP contribution >= 0.6 is 11.3 Å². The SMILES string of the molecule is CC1(C)Cc2c(sc(NC(=O)C(=O)NCCN3CCOCC3)c2C(N)=O)CO1. The van der Waals surface area contributed by atoms with Gasteiger partial charge in [0.05, 0.1) is 31.0 Å². The van der Waals surface area contributed by atoms with Gasteiger partial charge in [-0.15, -0.1) is 11.3 Å². The summed E-state index contributed by atoms with van der Waals surface area (Å²) in [6.07, 6.45) is 0.513. The molecule has 1 saturated heterocycles. The van der Waals surface area contributed by atoms with E-state index in [4.69, 9.17) is 15.2 Å². The van der Waals surface area contributed by atoms with Crippen molar-refractivity contribution in [1.82, 2.24) is 10.2 Å². The van der Waals surface area contributed by atoms with Crippen molar-refractivity contribution < 1.29 is 23.9 Å². The number of thiophene rings is 1. The lowest BCUT2D eigenvalue weighted by Crippen LogP contribution is -2.43. The Balaban J connectivity index is 1.61. The molecule has 0 spiro atoms. The molecule has 3 rings (SSSR count). The number of nitrogens with zero attached hydrogens (tertiary/aromatic N) is 1. The number of carbonyl (C=O) groups excluding carboxylic acids is 3. The molecule has 2 aliphatic heterocycles. The van der Waals surface area contributed by atoms with Gasteiger partial charge in [0.15, 0.2) is 0 Å². The molecule has 1 fully saturated rings. The van der Waals surface area contributed by atoms with Crippen molar-refractivity contribution in [3.05, 3.63) is 16.0 Å². The molecule has 1 aromatic rings. The fourth-order valence-electron chi connectivity index (χ4n) is 3.29. The Morgan fingerprint density at radius 2 is 1.93 bits per heavy atom. The highest BCUT2D eigenvalue weighted by Gasteiger charge is 2.33. The molecule has 0 unspecified atom stereocenters. The van der Waals surface area contributed by atoms with Gasteiger partial charge in [-0.2, -0.15) is 0 Å². The molecule has 10 heteroatoms. The van der Waals surface area contributed by atoms with Crippen molar-refractivity contribution >= 4 is 34.1 Å². The molecule has 154 valence electrons. The third-order valence-corrected chi connectivity index (χ3v) is 5.91. The van der Waals surface area contributed by atoms with E-state index in [-0.39, 0.29) is 5.56 Å². The van der Waals surface area contributed by atoms with Crippen LogP contribution in [-0.2, 0) is 32.1 Å². The minimum atomic E-state index is -0.816. The Kier molecular flexibility index (Phi) is 6.33. The van der Waals surface area contributed by atoms with Crippen molar-refractivity contribution in [2.45, 2.75) is 32.5 Å². The molecule has 3 amide bonds. The third-order valence-electron chi connectivity index (χ3n) is 4.78. The van der Waals surface area contributed by atoms with E-state index in [2.05, 4.69) is 15.5 Å². The van der Waals surface area contributed by atoms with Crippen molar-refractivity contribution in [2.75, 3.05) is 44.7 Å². The summed E-state index contributed by atoms with van der Waals surface area (Å²) in [5, 5.41) is 5.44. The minimum Gasteiger partial charge on any atom is -0.379 e. The average molecular weight is 410 g/mol. The van der Waals surface area contributed by atoms with Gasteiger partial charge in [0.1, 0.15) is 5.00 Å². The van der Waals surface area contributed by atoms with Gasteiger partial charge in [-0.1, -0.05) is 0 Å². The Morgan fingerprint density at radius 1 is 1.21 bits per heavy atom. The molecule has 0 bridgehead atoms. The molecule has 0 saturated carbocycles. The number of hydrogen-bond donors (Lipinski definition) is 3. The number of morpholine rings is 1. The van der Waals surface area contributed by atoms with E-state index in [1.807, 2.05) is 13.8 Å². The Hall–Kier alpha value is -2.01. The first kappa shape index (κ1) is 20.7. The summed E-state index contributed by atoms with van der Waals surface area (Å²) >= 11 is 1.22. The van der Waals surface area contributed by atoms with Gasteiger partial charge in [-0.3, -0.25) is 19.3 Å². The van der Waals surface area contributed by atoms with Gasteiger partial charge in [0.25, 0.3) is 5.91 Å². The molecule has 0 aromatic carbocycles. The van der Waals surface area contributed by atoms with Crippen molar-refractivity contribution in [3.63, 3.8) is 0 Å². The number of nitrogens with two attached hydrogens (primary N) is 1. The molecule has 1 aromatic heterocycles. The Morgan fingerprint density at radius 3 is 2.61 bits per heavy atom. The van der Waals surface area contributed by atoms with E-state index in [9.17, 15) is 14.4 Å². The second-order valence-corrected chi connectivity index (χ2v) is 8.57. The van der Waals surface area contributed by atoms with Crippen LogP contribution in [0.4, 0.5) is 5.00 Å². The molecular formula is C18H26N4O5S. The maximum atomic E-state index is 12.3. The first-order valence-electron chi connectivity index (χ1n) is 9.24. The summed E-state index contributed by atoms with van der Waals surface area (Å²) in [6.45, 7) is 8.17. The molecule has 28 heavy (non-hydrogen) atoms. The standard InChI is InChI=1S/C18H26N4O5S/c1-18(2)9-11-12(10-27-18)28-17(13(11)14(19)23)21-16(25)15(24)20-3-4-22-5-7-26-8-6-22/h3-10H2,1-2H3,(H2,19,23)(H,20,24)(H,21,25). The predicted molar refractivity (Wildman–Crippen MR) is 104 cm³/mol. The largest absolute Gasteiger partial charge is 0.379 e. The quantitative estimate of drug-likeness (QED) is 0.591. The summed E-state index contributed by atoms with van der Waals surface area (Å²) in [7, 11) is 0. The van der Waals surface area contributed by atoms with Crippen LogP contribution in [0.1, 0.15) is 34.6 Å². The topological polar surface area (TPSA) is 123 Å². The van der Waals surface area contributed by atoms with E-state index in [0.717, 1.165) is 23.5 Å². The molecular weight excluding hydrogens is 384 g/mol. The second kappa shape index (κ2) is 8.56. The zero-order valence-electron chi connectivity index (χ0n) is 16.1. The number of carbonyl (C=O) groups is 3. The highest BCUT2D eigenvalue weighted by Crippen LogP contribution is 2.40. The van der Waals surface area contributed by atoms with Crippen LogP contribution in [0.15, 0.2) is 0 Å². The number of primary amides is 1. The minimum absolute atomic E-state index is 0.269. The monoisotopic (exact) mass is 410 g/mol. The van der Waals surface area contributed by atoms with Crippen LogP contribution in [0.5, 0.6) is 0 Å². The first-order valence-corrected chi connectivity index (χ1v) is 10.1. The van der Waals surface area contributed by atoms with Gasteiger partial charge in [-0.25, -0.2) is 0 Å². The zero-order chi connectivity index (χ0) is 20.3. The predicted octanol–water partition coefficient (Wildman–Crippen LogP) is 0.0852. The fourth-order valence-corrected chi connectivity index (χ4v) is 4.43. The summed E-state index contributed by atoms with van der Waals surface area (Å²) in [5.74, 6) is -2.19. The fraction of sp³-hybridized carbons (Fsp3) is 0.611. The normalized spacial score (nSPS) is 18.9. The maximum absolute atomic E-state index is 12.3. The number of nitrogens with one attached hydrogen (secondary N) is 2. The highest BCUT2D eigenvalue weighted by atomic mass is 32.1. The van der Waals surface area contributed by atoms with E-state index in [1.165, 1.54) is 11.3 Å². The van der Waals surface area contributed by atoms with Gasteiger partial charge in [0, 0.05) is 37.5 Å². The van der Waals surface area contributed by atoms with E-state index < -0.39 is 23.3 Å². The number of anilines is 1. The summed E-state index contributed by atoms with van der Waals surface area (Å²) in [5.41, 5.74) is 6.18. The van der Waals surface area contributed by atoms with Gasteiger partial charge < -0.3 is 25.8 Å². The van der Waals surface area contributed by atoms with Gasteiger partial charge in [0.2, 0.25) is 0 Å². The van der Waals surface area contributed by atoms with Gasteiger partial charge in [-0.05, 0) is 19.4 Å². The number of ether oxygens (including phenoxy) is 2. The van der Waals surface area contributed by atoms with E-state index in [0.29, 0.717) is 44.3 Å². The average Bonchev–Trinajstić information content (AvgIpc) is 2.98. The smallest absolute Gasteiger partial charge is 0.314 e. The lowest BCUT2D eigenvalue weighted by Gasteiger charge is -2.30. The molecule has 9 nitrogen and oxygen atoms in total.